The Kier molecular flexibility index (Phi) is 7.37. The van der Waals surface area contributed by atoms with Crippen LogP contribution in [0.25, 0.3) is 0 Å². The molecule has 0 bridgehead atoms. The summed E-state index contributed by atoms with van der Waals surface area (Å²) in [5.74, 6) is -0.345. The van der Waals surface area contributed by atoms with E-state index in [9.17, 15) is 9.59 Å². The largest absolute Gasteiger partial charge is 0.496 e. The van der Waals surface area contributed by atoms with Crippen LogP contribution in [-0.4, -0.2) is 31.7 Å². The van der Waals surface area contributed by atoms with Gasteiger partial charge < -0.3 is 19.5 Å². The highest BCUT2D eigenvalue weighted by molar-refractivity contribution is 5.97. The number of carbonyl (C=O) groups excluding carboxylic acids is 2. The van der Waals surface area contributed by atoms with E-state index in [4.69, 9.17) is 14.2 Å². The van der Waals surface area contributed by atoms with Gasteiger partial charge in [-0.05, 0) is 51.1 Å². The number of ether oxygens (including phenoxy) is 3. The second-order valence-electron chi connectivity index (χ2n) is 6.07. The average molecular weight is 371 g/mol. The van der Waals surface area contributed by atoms with Gasteiger partial charge in [-0.2, -0.15) is 0 Å². The monoisotopic (exact) mass is 371 g/mol. The predicted octanol–water partition coefficient (Wildman–Crippen LogP) is 3.72. The van der Waals surface area contributed by atoms with Crippen LogP contribution in [0.2, 0.25) is 0 Å². The van der Waals surface area contributed by atoms with Crippen molar-refractivity contribution in [1.82, 2.24) is 0 Å². The van der Waals surface area contributed by atoms with Crippen LogP contribution >= 0.6 is 0 Å². The maximum atomic E-state index is 12.4. The first-order valence-electron chi connectivity index (χ1n) is 8.77. The molecule has 1 atom stereocenters. The number of carbonyl (C=O) groups is 2. The maximum Gasteiger partial charge on any atom is 0.338 e. The molecule has 0 fully saturated rings. The van der Waals surface area contributed by atoms with Gasteiger partial charge >= 0.3 is 5.97 Å². The number of anilines is 1. The highest BCUT2D eigenvalue weighted by Gasteiger charge is 2.20. The quantitative estimate of drug-likeness (QED) is 0.716. The topological polar surface area (TPSA) is 73.9 Å². The highest BCUT2D eigenvalue weighted by atomic mass is 16.5. The van der Waals surface area contributed by atoms with Gasteiger partial charge in [-0.1, -0.05) is 17.7 Å². The zero-order valence-electron chi connectivity index (χ0n) is 16.1. The minimum absolute atomic E-state index is 0.324. The Bertz CT molecular complexity index is 786. The summed E-state index contributed by atoms with van der Waals surface area (Å²) in [5, 5.41) is 2.73. The minimum Gasteiger partial charge on any atom is -0.496 e. The molecule has 6 nitrogen and oxygen atoms in total. The van der Waals surface area contributed by atoms with E-state index in [0.29, 0.717) is 30.2 Å². The maximum absolute atomic E-state index is 12.4. The Hall–Kier alpha value is -2.86. The third-order valence-electron chi connectivity index (χ3n) is 3.95. The van der Waals surface area contributed by atoms with Crippen LogP contribution in [0.15, 0.2) is 42.5 Å². The Labute approximate surface area is 159 Å². The molecule has 0 saturated heterocycles. The van der Waals surface area contributed by atoms with E-state index in [-0.39, 0.29) is 0 Å². The van der Waals surface area contributed by atoms with Crippen LogP contribution < -0.4 is 10.1 Å². The smallest absolute Gasteiger partial charge is 0.338 e. The molecule has 0 unspecified atom stereocenters. The molecule has 27 heavy (non-hydrogen) atoms. The van der Waals surface area contributed by atoms with Gasteiger partial charge in [0, 0.05) is 17.9 Å². The molecule has 1 amide bonds. The van der Waals surface area contributed by atoms with Crippen molar-refractivity contribution >= 4 is 17.6 Å². The summed E-state index contributed by atoms with van der Waals surface area (Å²) in [6, 6.07) is 12.3. The van der Waals surface area contributed by atoms with Gasteiger partial charge in [0.15, 0.2) is 6.10 Å². The Morgan fingerprint density at radius 3 is 2.44 bits per heavy atom. The van der Waals surface area contributed by atoms with E-state index in [1.807, 2.05) is 26.0 Å². The van der Waals surface area contributed by atoms with E-state index in [0.717, 1.165) is 11.1 Å². The van der Waals surface area contributed by atoms with Gasteiger partial charge in [0.2, 0.25) is 0 Å². The molecule has 1 N–H and O–H groups in total. The summed E-state index contributed by atoms with van der Waals surface area (Å²) >= 11 is 0. The zero-order chi connectivity index (χ0) is 19.8. The van der Waals surface area contributed by atoms with E-state index in [1.54, 1.807) is 37.4 Å². The lowest BCUT2D eigenvalue weighted by molar-refractivity contribution is -0.123. The lowest BCUT2D eigenvalue weighted by atomic mass is 10.1. The molecule has 2 rings (SSSR count). The van der Waals surface area contributed by atoms with Crippen molar-refractivity contribution in [1.29, 1.82) is 0 Å². The molecular weight excluding hydrogens is 346 g/mol. The van der Waals surface area contributed by atoms with Crippen molar-refractivity contribution in [3.63, 3.8) is 0 Å². The van der Waals surface area contributed by atoms with Gasteiger partial charge in [0.05, 0.1) is 19.3 Å². The number of rotatable bonds is 8. The van der Waals surface area contributed by atoms with E-state index < -0.39 is 18.0 Å². The number of benzene rings is 2. The van der Waals surface area contributed by atoms with Crippen molar-refractivity contribution < 1.29 is 23.8 Å². The zero-order valence-corrected chi connectivity index (χ0v) is 16.1. The summed E-state index contributed by atoms with van der Waals surface area (Å²) in [5.41, 5.74) is 2.82. The number of methoxy groups -OCH3 is 1. The first-order chi connectivity index (χ1) is 12.9. The van der Waals surface area contributed by atoms with Crippen LogP contribution in [0.1, 0.15) is 35.3 Å². The molecule has 0 spiro atoms. The van der Waals surface area contributed by atoms with Crippen LogP contribution in [0.5, 0.6) is 5.75 Å². The van der Waals surface area contributed by atoms with E-state index in [1.165, 1.54) is 6.92 Å². The highest BCUT2D eigenvalue weighted by Crippen LogP contribution is 2.21. The standard InChI is InChI=1S/C21H25NO5/c1-5-26-13-17-12-16(8-11-19(17)25-4)21(24)27-15(3)20(23)22-18-9-6-14(2)7-10-18/h6-12,15H,5,13H2,1-4H3,(H,22,23)/t15-/m0/s1. The molecule has 6 heteroatoms. The Balaban J connectivity index is 2.02. The lowest BCUT2D eigenvalue weighted by Gasteiger charge is -2.15. The third-order valence-corrected chi connectivity index (χ3v) is 3.95. The number of aryl methyl sites for hydroxylation is 1. The van der Waals surface area contributed by atoms with Crippen molar-refractivity contribution in [3.8, 4) is 5.75 Å². The van der Waals surface area contributed by atoms with Crippen LogP contribution in [-0.2, 0) is 20.9 Å². The van der Waals surface area contributed by atoms with E-state index in [2.05, 4.69) is 5.32 Å². The molecule has 0 aromatic heterocycles. The third kappa shape index (κ3) is 5.82. The molecular formula is C21H25NO5. The second-order valence-corrected chi connectivity index (χ2v) is 6.07. The van der Waals surface area contributed by atoms with Gasteiger partial charge in [0.25, 0.3) is 5.91 Å². The molecule has 0 radical (unpaired) electrons. The predicted molar refractivity (Wildman–Crippen MR) is 103 cm³/mol. The van der Waals surface area contributed by atoms with Crippen LogP contribution in [0.3, 0.4) is 0 Å². The molecule has 144 valence electrons. The molecule has 0 aliphatic rings. The van der Waals surface area contributed by atoms with Crippen LogP contribution in [0, 0.1) is 6.92 Å². The van der Waals surface area contributed by atoms with Crippen LogP contribution in [0.4, 0.5) is 5.69 Å². The summed E-state index contributed by atoms with van der Waals surface area (Å²) in [4.78, 5) is 24.6. The fraction of sp³-hybridized carbons (Fsp3) is 0.333. The fourth-order valence-electron chi connectivity index (χ4n) is 2.39. The Morgan fingerprint density at radius 1 is 1.11 bits per heavy atom. The number of hydrogen-bond acceptors (Lipinski definition) is 5. The number of amides is 1. The molecule has 0 saturated carbocycles. The molecule has 2 aromatic rings. The normalized spacial score (nSPS) is 11.6. The number of esters is 1. The van der Waals surface area contributed by atoms with Crippen molar-refractivity contribution in [2.24, 2.45) is 0 Å². The summed E-state index contributed by atoms with van der Waals surface area (Å²) in [6.07, 6.45) is -0.934. The Morgan fingerprint density at radius 2 is 1.81 bits per heavy atom. The fourth-order valence-corrected chi connectivity index (χ4v) is 2.39. The molecule has 0 aliphatic carbocycles. The molecule has 0 aliphatic heterocycles. The van der Waals surface area contributed by atoms with Crippen molar-refractivity contribution in [2.45, 2.75) is 33.5 Å². The van der Waals surface area contributed by atoms with Gasteiger partial charge in [0.1, 0.15) is 5.75 Å². The average Bonchev–Trinajstić information content (AvgIpc) is 2.67. The van der Waals surface area contributed by atoms with Gasteiger partial charge in [-0.15, -0.1) is 0 Å². The lowest BCUT2D eigenvalue weighted by Crippen LogP contribution is -2.30. The van der Waals surface area contributed by atoms with Crippen molar-refractivity contribution in [3.05, 3.63) is 59.2 Å². The summed E-state index contributed by atoms with van der Waals surface area (Å²) in [7, 11) is 1.56. The first-order valence-corrected chi connectivity index (χ1v) is 8.77. The van der Waals surface area contributed by atoms with E-state index >= 15 is 0 Å². The number of nitrogens with one attached hydrogen (secondary N) is 1. The first kappa shape index (κ1) is 20.5. The number of hydrogen-bond donors (Lipinski definition) is 1. The summed E-state index contributed by atoms with van der Waals surface area (Å²) in [6.45, 7) is 6.26. The molecule has 0 heterocycles. The molecule has 2 aromatic carbocycles. The van der Waals surface area contributed by atoms with Gasteiger partial charge in [-0.3, -0.25) is 4.79 Å². The summed E-state index contributed by atoms with van der Waals surface area (Å²) < 4.78 is 16.0. The van der Waals surface area contributed by atoms with Crippen molar-refractivity contribution in [2.75, 3.05) is 19.0 Å². The minimum atomic E-state index is -0.934. The van der Waals surface area contributed by atoms with Gasteiger partial charge in [-0.25, -0.2) is 4.79 Å². The second kappa shape index (κ2) is 9.73. The SMILES string of the molecule is CCOCc1cc(C(=O)O[C@@H](C)C(=O)Nc2ccc(C)cc2)ccc1OC.